The highest BCUT2D eigenvalue weighted by molar-refractivity contribution is 4.97. The molecule has 0 aromatic rings. The number of rotatable bonds is 7. The topological polar surface area (TPSA) is 47.3 Å². The lowest BCUT2D eigenvalue weighted by molar-refractivity contribution is 0.00708. The second kappa shape index (κ2) is 6.17. The van der Waals surface area contributed by atoms with Crippen LogP contribution in [0.5, 0.6) is 0 Å². The number of hydrogen-bond acceptors (Lipinski definition) is 3. The highest BCUT2D eigenvalue weighted by Gasteiger charge is 2.22. The van der Waals surface area contributed by atoms with Gasteiger partial charge in [-0.2, -0.15) is 0 Å². The van der Waals surface area contributed by atoms with E-state index in [2.05, 4.69) is 32.8 Å². The molecule has 0 aliphatic carbocycles. The fourth-order valence-electron chi connectivity index (χ4n) is 1.36. The van der Waals surface area contributed by atoms with Crippen molar-refractivity contribution in [3.8, 4) is 0 Å². The molecule has 3 N–H and O–H groups in total. The molecule has 14 heavy (non-hydrogen) atoms. The molecule has 0 bridgehead atoms. The lowest BCUT2D eigenvalue weighted by atomic mass is 9.94. The Morgan fingerprint density at radius 3 is 2.50 bits per heavy atom. The number of nitrogens with one attached hydrogen (secondary N) is 1. The monoisotopic (exact) mass is 200 g/mol. The van der Waals surface area contributed by atoms with Crippen LogP contribution in [0.3, 0.4) is 0 Å². The molecule has 84 valence electrons. The molecule has 1 unspecified atom stereocenters. The van der Waals surface area contributed by atoms with Crippen LogP contribution in [0.4, 0.5) is 0 Å². The molecule has 3 heteroatoms. The maximum atomic E-state index is 5.49. The van der Waals surface area contributed by atoms with Crippen LogP contribution < -0.4 is 11.3 Å². The number of hydrazine groups is 1. The Kier molecular flexibility index (Phi) is 6.00. The van der Waals surface area contributed by atoms with Crippen molar-refractivity contribution < 1.29 is 4.74 Å². The number of ether oxygens (including phenoxy) is 1. The van der Waals surface area contributed by atoms with E-state index in [1.54, 1.807) is 7.11 Å². The van der Waals surface area contributed by atoms with Gasteiger partial charge in [-0.05, 0) is 33.1 Å². The molecule has 0 saturated carbocycles. The van der Waals surface area contributed by atoms with Gasteiger partial charge in [0.1, 0.15) is 0 Å². The molecule has 0 aliphatic heterocycles. The van der Waals surface area contributed by atoms with Crippen molar-refractivity contribution in [1.29, 1.82) is 0 Å². The predicted octanol–water partition coefficient (Wildman–Crippen LogP) is 1.99. The van der Waals surface area contributed by atoms with Crippen LogP contribution in [-0.2, 0) is 4.74 Å². The molecule has 0 saturated heterocycles. The van der Waals surface area contributed by atoms with E-state index in [0.717, 1.165) is 19.3 Å². The first-order valence-corrected chi connectivity index (χ1v) is 5.13. The molecule has 0 aromatic carbocycles. The van der Waals surface area contributed by atoms with Crippen LogP contribution >= 0.6 is 0 Å². The van der Waals surface area contributed by atoms with Gasteiger partial charge in [0.2, 0.25) is 0 Å². The third-order valence-electron chi connectivity index (χ3n) is 2.56. The fraction of sp³-hybridized carbons (Fsp3) is 0.818. The molecule has 0 spiro atoms. The van der Waals surface area contributed by atoms with Gasteiger partial charge in [0.15, 0.2) is 0 Å². The summed E-state index contributed by atoms with van der Waals surface area (Å²) in [4.78, 5) is 0. The average Bonchev–Trinajstić information content (AvgIpc) is 2.16. The molecule has 3 nitrogen and oxygen atoms in total. The Labute approximate surface area is 87.7 Å². The van der Waals surface area contributed by atoms with Crippen molar-refractivity contribution in [3.05, 3.63) is 12.2 Å². The first kappa shape index (κ1) is 13.6. The lowest BCUT2D eigenvalue weighted by Gasteiger charge is -2.28. The van der Waals surface area contributed by atoms with E-state index in [1.165, 1.54) is 5.57 Å². The van der Waals surface area contributed by atoms with Gasteiger partial charge in [-0.25, -0.2) is 0 Å². The predicted molar refractivity (Wildman–Crippen MR) is 60.9 cm³/mol. The third kappa shape index (κ3) is 5.37. The summed E-state index contributed by atoms with van der Waals surface area (Å²) < 4.78 is 5.36. The Bertz CT molecular complexity index is 178. The van der Waals surface area contributed by atoms with Crippen molar-refractivity contribution in [1.82, 2.24) is 5.43 Å². The number of nitrogens with two attached hydrogens (primary N) is 1. The fourth-order valence-corrected chi connectivity index (χ4v) is 1.36. The normalized spacial score (nSPS) is 14.1. The zero-order valence-corrected chi connectivity index (χ0v) is 9.89. The molecule has 0 amide bonds. The Morgan fingerprint density at radius 2 is 2.14 bits per heavy atom. The van der Waals surface area contributed by atoms with E-state index in [1.807, 2.05) is 0 Å². The molecule has 1 atom stereocenters. The van der Waals surface area contributed by atoms with Gasteiger partial charge in [0, 0.05) is 13.2 Å². The Balaban J connectivity index is 4.09. The summed E-state index contributed by atoms with van der Waals surface area (Å²) >= 11 is 0. The van der Waals surface area contributed by atoms with E-state index in [0.29, 0.717) is 0 Å². The summed E-state index contributed by atoms with van der Waals surface area (Å²) in [6.45, 7) is 10.2. The van der Waals surface area contributed by atoms with Gasteiger partial charge in [-0.1, -0.05) is 19.1 Å². The van der Waals surface area contributed by atoms with Gasteiger partial charge in [-0.3, -0.25) is 11.3 Å². The quantitative estimate of drug-likeness (QED) is 0.375. The average molecular weight is 200 g/mol. The molecule has 0 rings (SSSR count). The van der Waals surface area contributed by atoms with Crippen LogP contribution in [0, 0.1) is 0 Å². The second-order valence-electron chi connectivity index (χ2n) is 4.34. The minimum absolute atomic E-state index is 0.134. The standard InChI is InChI=1S/C11H24N2O/c1-6-9(2)7-10(13-12)8-11(3,4)14-5/h10,13H,2,6-8,12H2,1,3-5H3. The number of methoxy groups -OCH3 is 1. The van der Waals surface area contributed by atoms with Crippen molar-refractivity contribution >= 4 is 0 Å². The van der Waals surface area contributed by atoms with Crippen LogP contribution in [0.15, 0.2) is 12.2 Å². The van der Waals surface area contributed by atoms with E-state index >= 15 is 0 Å². The van der Waals surface area contributed by atoms with E-state index in [-0.39, 0.29) is 11.6 Å². The minimum Gasteiger partial charge on any atom is -0.379 e. The van der Waals surface area contributed by atoms with Crippen LogP contribution in [0.2, 0.25) is 0 Å². The maximum Gasteiger partial charge on any atom is 0.0638 e. The van der Waals surface area contributed by atoms with Gasteiger partial charge in [0.05, 0.1) is 5.60 Å². The molecular formula is C11H24N2O. The van der Waals surface area contributed by atoms with Crippen LogP contribution in [0.1, 0.15) is 40.0 Å². The largest absolute Gasteiger partial charge is 0.379 e. The number of hydrogen-bond donors (Lipinski definition) is 2. The van der Waals surface area contributed by atoms with Crippen LogP contribution in [0.25, 0.3) is 0 Å². The van der Waals surface area contributed by atoms with E-state index in [9.17, 15) is 0 Å². The van der Waals surface area contributed by atoms with E-state index in [4.69, 9.17) is 10.6 Å². The molecule has 0 aliphatic rings. The highest BCUT2D eigenvalue weighted by atomic mass is 16.5. The van der Waals surface area contributed by atoms with Crippen molar-refractivity contribution in [2.24, 2.45) is 5.84 Å². The van der Waals surface area contributed by atoms with E-state index < -0.39 is 0 Å². The second-order valence-corrected chi connectivity index (χ2v) is 4.34. The summed E-state index contributed by atoms with van der Waals surface area (Å²) in [6.07, 6.45) is 2.81. The molecular weight excluding hydrogens is 176 g/mol. The maximum absolute atomic E-state index is 5.49. The SMILES string of the molecule is C=C(CC)CC(CC(C)(C)OC)NN. The summed E-state index contributed by atoms with van der Waals surface area (Å²) in [5.74, 6) is 5.49. The zero-order valence-electron chi connectivity index (χ0n) is 9.89. The lowest BCUT2D eigenvalue weighted by Crippen LogP contribution is -2.41. The Hall–Kier alpha value is -0.380. The highest BCUT2D eigenvalue weighted by Crippen LogP contribution is 2.19. The molecule has 0 fully saturated rings. The van der Waals surface area contributed by atoms with Crippen molar-refractivity contribution in [2.75, 3.05) is 7.11 Å². The minimum atomic E-state index is -0.134. The summed E-state index contributed by atoms with van der Waals surface area (Å²) in [7, 11) is 1.72. The zero-order chi connectivity index (χ0) is 11.2. The molecule has 0 radical (unpaired) electrons. The van der Waals surface area contributed by atoms with Crippen molar-refractivity contribution in [3.63, 3.8) is 0 Å². The van der Waals surface area contributed by atoms with Gasteiger partial charge in [0.25, 0.3) is 0 Å². The Morgan fingerprint density at radius 1 is 1.57 bits per heavy atom. The summed E-state index contributed by atoms with van der Waals surface area (Å²) in [6, 6.07) is 0.248. The van der Waals surface area contributed by atoms with Crippen LogP contribution in [-0.4, -0.2) is 18.8 Å². The summed E-state index contributed by atoms with van der Waals surface area (Å²) in [5, 5.41) is 0. The smallest absolute Gasteiger partial charge is 0.0638 e. The summed E-state index contributed by atoms with van der Waals surface area (Å²) in [5.41, 5.74) is 3.91. The van der Waals surface area contributed by atoms with Gasteiger partial charge in [-0.15, -0.1) is 0 Å². The third-order valence-corrected chi connectivity index (χ3v) is 2.56. The molecule has 0 heterocycles. The van der Waals surface area contributed by atoms with Gasteiger partial charge < -0.3 is 4.74 Å². The first-order chi connectivity index (χ1) is 6.45. The van der Waals surface area contributed by atoms with Gasteiger partial charge >= 0.3 is 0 Å². The molecule has 0 aromatic heterocycles. The van der Waals surface area contributed by atoms with Crippen molar-refractivity contribution in [2.45, 2.75) is 51.7 Å². The first-order valence-electron chi connectivity index (χ1n) is 5.13.